The van der Waals surface area contributed by atoms with Crippen molar-refractivity contribution >= 4 is 9.84 Å². The summed E-state index contributed by atoms with van der Waals surface area (Å²) >= 11 is 0. The number of aromatic nitrogens is 1. The van der Waals surface area contributed by atoms with E-state index >= 15 is 0 Å². The van der Waals surface area contributed by atoms with Crippen LogP contribution in [0.5, 0.6) is 5.75 Å². The lowest BCUT2D eigenvalue weighted by molar-refractivity contribution is 0.254. The smallest absolute Gasteiger partial charge is 0.150 e. The van der Waals surface area contributed by atoms with Crippen molar-refractivity contribution in [3.05, 3.63) is 40.6 Å². The van der Waals surface area contributed by atoms with Crippen LogP contribution in [0.2, 0.25) is 0 Å². The van der Waals surface area contributed by atoms with E-state index in [1.165, 1.54) is 84.3 Å². The summed E-state index contributed by atoms with van der Waals surface area (Å²) in [6.07, 6.45) is 12.1. The van der Waals surface area contributed by atoms with Crippen molar-refractivity contribution in [1.82, 2.24) is 9.88 Å². The number of nitrogens with one attached hydrogen (secondary N) is 1. The van der Waals surface area contributed by atoms with Crippen molar-refractivity contribution < 1.29 is 13.2 Å². The summed E-state index contributed by atoms with van der Waals surface area (Å²) in [7, 11) is -2.81. The number of sulfone groups is 1. The molecule has 220 valence electrons. The number of ether oxygens (including phenoxy) is 1. The second-order valence-electron chi connectivity index (χ2n) is 14.5. The Morgan fingerprint density at radius 3 is 2.38 bits per heavy atom. The maximum absolute atomic E-state index is 11.9. The predicted octanol–water partition coefficient (Wildman–Crippen LogP) is 7.07. The van der Waals surface area contributed by atoms with E-state index in [0.29, 0.717) is 22.8 Å². The largest absolute Gasteiger partial charge is 0.493 e. The van der Waals surface area contributed by atoms with Crippen LogP contribution >= 0.6 is 0 Å². The monoisotopic (exact) mass is 566 g/mol. The van der Waals surface area contributed by atoms with Crippen LogP contribution in [-0.2, 0) is 33.8 Å². The molecular formula is C34H50N2O3S. The van der Waals surface area contributed by atoms with Crippen LogP contribution in [0.15, 0.2) is 18.2 Å². The SMILES string of the molecule is Cc1c(CNCC2CCS(=O)(=O)CC2)cc(-c2cc(C(C)(C)C)c3c(c2)C2(CCO3)CC2)n1CC1CCCCC1. The first-order valence-corrected chi connectivity index (χ1v) is 17.8. The molecule has 2 aliphatic heterocycles. The Balaban J connectivity index is 1.33. The molecule has 3 heterocycles. The van der Waals surface area contributed by atoms with Crippen molar-refractivity contribution in [2.24, 2.45) is 11.8 Å². The minimum absolute atomic E-state index is 0.0151. The molecule has 1 aromatic carbocycles. The molecule has 40 heavy (non-hydrogen) atoms. The second kappa shape index (κ2) is 10.8. The first-order valence-electron chi connectivity index (χ1n) is 16.0. The van der Waals surface area contributed by atoms with Gasteiger partial charge in [-0.3, -0.25) is 0 Å². The highest BCUT2D eigenvalue weighted by Gasteiger charge is 2.49. The number of benzene rings is 1. The average Bonchev–Trinajstić information content (AvgIpc) is 3.63. The molecule has 6 heteroatoms. The molecule has 2 saturated carbocycles. The van der Waals surface area contributed by atoms with Gasteiger partial charge in [0.05, 0.1) is 18.1 Å². The normalized spacial score (nSPS) is 22.7. The van der Waals surface area contributed by atoms with Gasteiger partial charge in [0.2, 0.25) is 0 Å². The van der Waals surface area contributed by atoms with Gasteiger partial charge in [-0.15, -0.1) is 0 Å². The fourth-order valence-corrected chi connectivity index (χ4v) is 9.16. The summed E-state index contributed by atoms with van der Waals surface area (Å²) in [5.74, 6) is 3.07. The Kier molecular flexibility index (Phi) is 7.65. The maximum atomic E-state index is 11.9. The van der Waals surface area contributed by atoms with Gasteiger partial charge >= 0.3 is 0 Å². The summed E-state index contributed by atoms with van der Waals surface area (Å²) in [5, 5.41) is 3.72. The van der Waals surface area contributed by atoms with Gasteiger partial charge in [0.25, 0.3) is 0 Å². The molecule has 6 rings (SSSR count). The number of fused-ring (bicyclic) bond motifs is 2. The van der Waals surface area contributed by atoms with E-state index in [1.54, 1.807) is 0 Å². The van der Waals surface area contributed by atoms with E-state index in [-0.39, 0.29) is 5.41 Å². The zero-order valence-electron chi connectivity index (χ0n) is 25.3. The topological polar surface area (TPSA) is 60.3 Å². The predicted molar refractivity (Wildman–Crippen MR) is 164 cm³/mol. The number of rotatable bonds is 7. The van der Waals surface area contributed by atoms with E-state index in [9.17, 15) is 8.42 Å². The highest BCUT2D eigenvalue weighted by Crippen LogP contribution is 2.58. The summed E-state index contributed by atoms with van der Waals surface area (Å²) in [4.78, 5) is 0. The Hall–Kier alpha value is -1.79. The van der Waals surface area contributed by atoms with Gasteiger partial charge < -0.3 is 14.6 Å². The highest BCUT2D eigenvalue weighted by molar-refractivity contribution is 7.91. The first kappa shape index (κ1) is 28.3. The summed E-state index contributed by atoms with van der Waals surface area (Å²) in [5.41, 5.74) is 8.62. The van der Waals surface area contributed by atoms with Crippen molar-refractivity contribution in [3.63, 3.8) is 0 Å². The minimum atomic E-state index is -2.81. The van der Waals surface area contributed by atoms with Crippen LogP contribution in [0.3, 0.4) is 0 Å². The minimum Gasteiger partial charge on any atom is -0.493 e. The fourth-order valence-electron chi connectivity index (χ4n) is 7.57. The molecule has 1 N–H and O–H groups in total. The molecule has 4 aliphatic rings. The van der Waals surface area contributed by atoms with Crippen LogP contribution in [0.4, 0.5) is 0 Å². The van der Waals surface area contributed by atoms with E-state index in [2.05, 4.69) is 55.8 Å². The third-order valence-electron chi connectivity index (χ3n) is 10.5. The summed E-state index contributed by atoms with van der Waals surface area (Å²) in [6, 6.07) is 7.38. The van der Waals surface area contributed by atoms with Gasteiger partial charge in [-0.2, -0.15) is 0 Å². The van der Waals surface area contributed by atoms with E-state index in [4.69, 9.17) is 4.74 Å². The molecule has 0 unspecified atom stereocenters. The molecule has 0 radical (unpaired) electrons. The quantitative estimate of drug-likeness (QED) is 0.389. The second-order valence-corrected chi connectivity index (χ2v) is 16.8. The van der Waals surface area contributed by atoms with Gasteiger partial charge in [0.15, 0.2) is 0 Å². The Labute approximate surface area is 242 Å². The maximum Gasteiger partial charge on any atom is 0.150 e. The van der Waals surface area contributed by atoms with Crippen LogP contribution in [0.25, 0.3) is 11.3 Å². The molecule has 1 aromatic heterocycles. The Morgan fingerprint density at radius 1 is 0.975 bits per heavy atom. The highest BCUT2D eigenvalue weighted by atomic mass is 32.2. The molecule has 2 aliphatic carbocycles. The number of nitrogens with zero attached hydrogens (tertiary/aromatic N) is 1. The average molecular weight is 567 g/mol. The third kappa shape index (κ3) is 5.77. The summed E-state index contributed by atoms with van der Waals surface area (Å²) in [6.45, 7) is 13.0. The lowest BCUT2D eigenvalue weighted by atomic mass is 9.79. The van der Waals surface area contributed by atoms with Crippen molar-refractivity contribution in [2.45, 2.75) is 116 Å². The molecule has 0 amide bonds. The van der Waals surface area contributed by atoms with Gasteiger partial charge in [-0.25, -0.2) is 8.42 Å². The molecule has 0 bridgehead atoms. The summed E-state index contributed by atoms with van der Waals surface area (Å²) < 4.78 is 32.8. The van der Waals surface area contributed by atoms with E-state index in [1.807, 2.05) is 0 Å². The van der Waals surface area contributed by atoms with Gasteiger partial charge in [0, 0.05) is 41.0 Å². The molecule has 1 saturated heterocycles. The molecule has 5 nitrogen and oxygen atoms in total. The molecular weight excluding hydrogens is 516 g/mol. The standard InChI is InChI=1S/C34H50N2O3S/c1-24-28(22-35-21-25-10-16-40(37,38)17-11-25)20-31(36(24)23-26-8-6-5-7-9-26)27-18-29(33(2,3)4)32-30(19-27)34(12-13-34)14-15-39-32/h18-20,25-26,35H,5-17,21-23H2,1-4H3. The Morgan fingerprint density at radius 2 is 1.70 bits per heavy atom. The van der Waals surface area contributed by atoms with Crippen LogP contribution in [0, 0.1) is 18.8 Å². The number of hydrogen-bond acceptors (Lipinski definition) is 4. The third-order valence-corrected chi connectivity index (χ3v) is 12.2. The zero-order chi connectivity index (χ0) is 28.1. The van der Waals surface area contributed by atoms with Crippen LogP contribution < -0.4 is 10.1 Å². The number of hydrogen-bond donors (Lipinski definition) is 1. The van der Waals surface area contributed by atoms with Gasteiger partial charge in [-0.1, -0.05) is 40.0 Å². The van der Waals surface area contributed by atoms with Gasteiger partial charge in [0.1, 0.15) is 15.6 Å². The zero-order valence-corrected chi connectivity index (χ0v) is 26.1. The van der Waals surface area contributed by atoms with Crippen LogP contribution in [-0.4, -0.2) is 37.6 Å². The fraction of sp³-hybridized carbons (Fsp3) is 0.706. The van der Waals surface area contributed by atoms with E-state index in [0.717, 1.165) is 51.4 Å². The lowest BCUT2D eigenvalue weighted by Crippen LogP contribution is -2.30. The molecule has 2 aromatic rings. The van der Waals surface area contributed by atoms with E-state index < -0.39 is 9.84 Å². The Bertz CT molecular complexity index is 1310. The lowest BCUT2D eigenvalue weighted by Gasteiger charge is -2.33. The van der Waals surface area contributed by atoms with Crippen molar-refractivity contribution in [2.75, 3.05) is 24.7 Å². The first-order chi connectivity index (χ1) is 19.0. The van der Waals surface area contributed by atoms with Gasteiger partial charge in [-0.05, 0) is 105 Å². The molecule has 0 atom stereocenters. The molecule has 3 fully saturated rings. The molecule has 1 spiro atoms. The van der Waals surface area contributed by atoms with Crippen molar-refractivity contribution in [3.8, 4) is 17.0 Å². The van der Waals surface area contributed by atoms with Crippen molar-refractivity contribution in [1.29, 1.82) is 0 Å². The van der Waals surface area contributed by atoms with Crippen LogP contribution in [0.1, 0.15) is 107 Å².